The first-order valence-corrected chi connectivity index (χ1v) is 6.85. The van der Waals surface area contributed by atoms with Crippen LogP contribution in [0.1, 0.15) is 0 Å². The SMILES string of the molecule is Clc1c(Nc2ccccc2)ncnc1Nc1ccccc1. The molecule has 0 unspecified atom stereocenters. The summed E-state index contributed by atoms with van der Waals surface area (Å²) in [4.78, 5) is 8.36. The molecule has 0 radical (unpaired) electrons. The third kappa shape index (κ3) is 3.30. The summed E-state index contributed by atoms with van der Waals surface area (Å²) in [6.07, 6.45) is 1.47. The molecule has 0 spiro atoms. The van der Waals surface area contributed by atoms with Crippen LogP contribution in [0.2, 0.25) is 5.02 Å². The van der Waals surface area contributed by atoms with Gasteiger partial charge in [-0.2, -0.15) is 0 Å². The van der Waals surface area contributed by atoms with Gasteiger partial charge in [0.05, 0.1) is 0 Å². The summed E-state index contributed by atoms with van der Waals surface area (Å²) in [5.41, 5.74) is 1.84. The maximum atomic E-state index is 6.36. The lowest BCUT2D eigenvalue weighted by Crippen LogP contribution is -2.00. The van der Waals surface area contributed by atoms with Gasteiger partial charge in [-0.3, -0.25) is 0 Å². The van der Waals surface area contributed by atoms with Gasteiger partial charge in [0.2, 0.25) is 0 Å². The molecule has 3 aromatic rings. The van der Waals surface area contributed by atoms with Gasteiger partial charge in [-0.1, -0.05) is 48.0 Å². The summed E-state index contributed by atoms with van der Waals surface area (Å²) >= 11 is 6.36. The maximum absolute atomic E-state index is 6.36. The average molecular weight is 297 g/mol. The van der Waals surface area contributed by atoms with Crippen molar-refractivity contribution in [2.45, 2.75) is 0 Å². The number of hydrogen-bond donors (Lipinski definition) is 2. The Morgan fingerprint density at radius 1 is 0.667 bits per heavy atom. The summed E-state index contributed by atoms with van der Waals surface area (Å²) in [6.45, 7) is 0. The standard InChI is InChI=1S/C16H13ClN4/c17-14-15(20-12-7-3-1-4-8-12)18-11-19-16(14)21-13-9-5-2-6-10-13/h1-11H,(H2,18,19,20,21). The molecule has 0 saturated heterocycles. The molecule has 0 aliphatic carbocycles. The number of aromatic nitrogens is 2. The van der Waals surface area contributed by atoms with Gasteiger partial charge in [0.1, 0.15) is 11.3 Å². The van der Waals surface area contributed by atoms with Crippen molar-refractivity contribution in [3.05, 3.63) is 72.0 Å². The van der Waals surface area contributed by atoms with Gasteiger partial charge >= 0.3 is 0 Å². The molecule has 0 bridgehead atoms. The molecule has 104 valence electrons. The van der Waals surface area contributed by atoms with Gasteiger partial charge in [-0.05, 0) is 24.3 Å². The van der Waals surface area contributed by atoms with E-state index in [4.69, 9.17) is 11.6 Å². The van der Waals surface area contributed by atoms with Crippen LogP contribution in [0.4, 0.5) is 23.0 Å². The molecule has 0 aliphatic heterocycles. The second-order valence-corrected chi connectivity index (χ2v) is 4.74. The van der Waals surface area contributed by atoms with Crippen molar-refractivity contribution in [2.75, 3.05) is 10.6 Å². The highest BCUT2D eigenvalue weighted by molar-refractivity contribution is 6.35. The largest absolute Gasteiger partial charge is 0.339 e. The number of rotatable bonds is 4. The van der Waals surface area contributed by atoms with Crippen LogP contribution in [-0.4, -0.2) is 9.97 Å². The van der Waals surface area contributed by atoms with Gasteiger partial charge in [-0.15, -0.1) is 0 Å². The molecule has 2 N–H and O–H groups in total. The van der Waals surface area contributed by atoms with E-state index in [1.54, 1.807) is 0 Å². The second kappa shape index (κ2) is 6.24. The summed E-state index contributed by atoms with van der Waals surface area (Å²) in [6, 6.07) is 19.5. The highest BCUT2D eigenvalue weighted by Gasteiger charge is 2.09. The number of hydrogen-bond acceptors (Lipinski definition) is 4. The number of para-hydroxylation sites is 2. The van der Waals surface area contributed by atoms with Crippen molar-refractivity contribution in [1.29, 1.82) is 0 Å². The molecule has 0 atom stereocenters. The van der Waals surface area contributed by atoms with Crippen molar-refractivity contribution in [1.82, 2.24) is 9.97 Å². The van der Waals surface area contributed by atoms with Crippen molar-refractivity contribution >= 4 is 34.6 Å². The van der Waals surface area contributed by atoms with E-state index in [1.165, 1.54) is 6.33 Å². The third-order valence-corrected chi connectivity index (χ3v) is 3.22. The molecule has 1 heterocycles. The number of nitrogens with one attached hydrogen (secondary N) is 2. The van der Waals surface area contributed by atoms with E-state index in [1.807, 2.05) is 60.7 Å². The van der Waals surface area contributed by atoms with Crippen molar-refractivity contribution in [2.24, 2.45) is 0 Å². The summed E-state index contributed by atoms with van der Waals surface area (Å²) in [7, 11) is 0. The highest BCUT2D eigenvalue weighted by Crippen LogP contribution is 2.30. The Morgan fingerprint density at radius 2 is 1.10 bits per heavy atom. The first-order valence-electron chi connectivity index (χ1n) is 6.47. The van der Waals surface area contributed by atoms with E-state index in [2.05, 4.69) is 20.6 Å². The van der Waals surface area contributed by atoms with Gasteiger partial charge in [0.15, 0.2) is 11.6 Å². The van der Waals surface area contributed by atoms with Crippen LogP contribution in [0.15, 0.2) is 67.0 Å². The zero-order valence-electron chi connectivity index (χ0n) is 11.1. The Hall–Kier alpha value is -2.59. The normalized spacial score (nSPS) is 10.1. The van der Waals surface area contributed by atoms with E-state index >= 15 is 0 Å². The fraction of sp³-hybridized carbons (Fsp3) is 0. The minimum Gasteiger partial charge on any atom is -0.339 e. The molecule has 21 heavy (non-hydrogen) atoms. The fourth-order valence-corrected chi connectivity index (χ4v) is 2.05. The predicted molar refractivity (Wildman–Crippen MR) is 86.5 cm³/mol. The van der Waals surface area contributed by atoms with Crippen LogP contribution in [0.3, 0.4) is 0 Å². The smallest absolute Gasteiger partial charge is 0.154 e. The highest BCUT2D eigenvalue weighted by atomic mass is 35.5. The van der Waals surface area contributed by atoms with Gasteiger partial charge < -0.3 is 10.6 Å². The summed E-state index contributed by atoms with van der Waals surface area (Å²) in [5.74, 6) is 1.13. The molecule has 0 fully saturated rings. The molecule has 2 aromatic carbocycles. The first-order chi connectivity index (χ1) is 10.3. The van der Waals surface area contributed by atoms with Crippen LogP contribution >= 0.6 is 11.6 Å². The molecule has 3 rings (SSSR count). The van der Waals surface area contributed by atoms with Crippen LogP contribution in [0.5, 0.6) is 0 Å². The second-order valence-electron chi connectivity index (χ2n) is 4.37. The van der Waals surface area contributed by atoms with E-state index in [0.29, 0.717) is 16.7 Å². The van der Waals surface area contributed by atoms with E-state index in [9.17, 15) is 0 Å². The Labute approximate surface area is 127 Å². The zero-order valence-corrected chi connectivity index (χ0v) is 11.9. The maximum Gasteiger partial charge on any atom is 0.154 e. The first kappa shape index (κ1) is 13.4. The molecule has 1 aromatic heterocycles. The Morgan fingerprint density at radius 3 is 1.52 bits per heavy atom. The van der Waals surface area contributed by atoms with E-state index in [-0.39, 0.29) is 0 Å². The average Bonchev–Trinajstić information content (AvgIpc) is 2.53. The van der Waals surface area contributed by atoms with E-state index < -0.39 is 0 Å². The summed E-state index contributed by atoms with van der Waals surface area (Å²) < 4.78 is 0. The molecule has 4 nitrogen and oxygen atoms in total. The van der Waals surface area contributed by atoms with Crippen molar-refractivity contribution < 1.29 is 0 Å². The van der Waals surface area contributed by atoms with Crippen LogP contribution in [0, 0.1) is 0 Å². The molecular formula is C16H13ClN4. The van der Waals surface area contributed by atoms with Crippen LogP contribution < -0.4 is 10.6 Å². The molecule has 5 heteroatoms. The molecule has 0 aliphatic rings. The Kier molecular flexibility index (Phi) is 3.98. The lowest BCUT2D eigenvalue weighted by molar-refractivity contribution is 1.17. The summed E-state index contributed by atoms with van der Waals surface area (Å²) in [5, 5.41) is 6.80. The minimum absolute atomic E-state index is 0.449. The Bertz CT molecular complexity index is 657. The number of nitrogens with zero attached hydrogens (tertiary/aromatic N) is 2. The lowest BCUT2D eigenvalue weighted by atomic mass is 10.3. The number of halogens is 1. The molecule has 0 amide bonds. The molecule has 0 saturated carbocycles. The topological polar surface area (TPSA) is 49.8 Å². The minimum atomic E-state index is 0.449. The van der Waals surface area contributed by atoms with E-state index in [0.717, 1.165) is 11.4 Å². The van der Waals surface area contributed by atoms with Gasteiger partial charge in [0, 0.05) is 11.4 Å². The fourth-order valence-electron chi connectivity index (χ4n) is 1.86. The van der Waals surface area contributed by atoms with Crippen molar-refractivity contribution in [3.8, 4) is 0 Å². The molecular weight excluding hydrogens is 284 g/mol. The van der Waals surface area contributed by atoms with Gasteiger partial charge in [0.25, 0.3) is 0 Å². The van der Waals surface area contributed by atoms with Crippen LogP contribution in [0.25, 0.3) is 0 Å². The third-order valence-electron chi connectivity index (χ3n) is 2.86. The monoisotopic (exact) mass is 296 g/mol. The predicted octanol–water partition coefficient (Wildman–Crippen LogP) is 4.62. The lowest BCUT2D eigenvalue weighted by Gasteiger charge is -2.11. The van der Waals surface area contributed by atoms with Gasteiger partial charge in [-0.25, -0.2) is 9.97 Å². The van der Waals surface area contributed by atoms with Crippen molar-refractivity contribution in [3.63, 3.8) is 0 Å². The number of anilines is 4. The zero-order chi connectivity index (χ0) is 14.5. The quantitative estimate of drug-likeness (QED) is 0.738. The Balaban J connectivity index is 1.85. The van der Waals surface area contributed by atoms with Crippen LogP contribution in [-0.2, 0) is 0 Å². The number of benzene rings is 2.